The van der Waals surface area contributed by atoms with Crippen LogP contribution in [0.4, 0.5) is 18.9 Å². The topological polar surface area (TPSA) is 78.4 Å². The summed E-state index contributed by atoms with van der Waals surface area (Å²) in [5.74, 6) is -0.248. The molecule has 0 aliphatic heterocycles. The third kappa shape index (κ3) is 5.58. The molecule has 1 aliphatic carbocycles. The van der Waals surface area contributed by atoms with Gasteiger partial charge in [-0.2, -0.15) is 13.2 Å². The summed E-state index contributed by atoms with van der Waals surface area (Å²) in [4.78, 5) is 0. The number of hydrogen-bond donors (Lipinski definition) is 3. The van der Waals surface area contributed by atoms with Gasteiger partial charge >= 0.3 is 6.18 Å². The van der Waals surface area contributed by atoms with Crippen molar-refractivity contribution in [2.24, 2.45) is 5.92 Å². The van der Waals surface area contributed by atoms with Crippen LogP contribution in [0.2, 0.25) is 0 Å². The molecule has 0 aromatic heterocycles. The maximum absolute atomic E-state index is 13.1. The maximum atomic E-state index is 13.1. The molecule has 0 radical (unpaired) electrons. The van der Waals surface area contributed by atoms with Crippen molar-refractivity contribution in [3.63, 3.8) is 0 Å². The molecule has 0 saturated heterocycles. The number of halogens is 3. The molecule has 0 bridgehead atoms. The fraction of sp³-hybridized carbons (Fsp3) is 0.667. The molecule has 3 N–H and O–H groups in total. The van der Waals surface area contributed by atoms with Gasteiger partial charge in [0, 0.05) is 17.6 Å². The first-order valence-electron chi connectivity index (χ1n) is 8.94. The average Bonchev–Trinajstić information content (AvgIpc) is 2.53. The smallest absolute Gasteiger partial charge is 0.374 e. The Bertz CT molecular complexity index is 737. The normalized spacial score (nSPS) is 23.1. The zero-order valence-corrected chi connectivity index (χ0v) is 16.5. The molecule has 1 aromatic carbocycles. The van der Waals surface area contributed by atoms with E-state index in [1.165, 1.54) is 18.2 Å². The van der Waals surface area contributed by atoms with Crippen molar-refractivity contribution in [1.29, 1.82) is 0 Å². The Morgan fingerprint density at radius 2 is 1.63 bits per heavy atom. The molecular weight excluding hydrogens is 381 g/mol. The van der Waals surface area contributed by atoms with Crippen LogP contribution in [0, 0.1) is 5.92 Å². The Hall–Kier alpha value is -1.32. The van der Waals surface area contributed by atoms with Gasteiger partial charge in [-0.25, -0.2) is 13.1 Å². The summed E-state index contributed by atoms with van der Waals surface area (Å²) in [7, 11) is -3.46. The molecular formula is C18H27F3N2O3S. The third-order valence-electron chi connectivity index (χ3n) is 4.88. The number of aliphatic hydroxyl groups is 1. The van der Waals surface area contributed by atoms with Crippen molar-refractivity contribution in [3.8, 4) is 0 Å². The van der Waals surface area contributed by atoms with E-state index in [1.54, 1.807) is 20.8 Å². The van der Waals surface area contributed by atoms with E-state index in [1.807, 2.05) is 0 Å². The van der Waals surface area contributed by atoms with Gasteiger partial charge in [0.15, 0.2) is 0 Å². The minimum absolute atomic E-state index is 0.159. The summed E-state index contributed by atoms with van der Waals surface area (Å²) < 4.78 is 65.4. The van der Waals surface area contributed by atoms with Crippen molar-refractivity contribution >= 4 is 15.7 Å². The van der Waals surface area contributed by atoms with Gasteiger partial charge in [-0.05, 0) is 58.6 Å². The highest BCUT2D eigenvalue weighted by Crippen LogP contribution is 2.36. The molecule has 0 heterocycles. The first-order chi connectivity index (χ1) is 12.3. The van der Waals surface area contributed by atoms with E-state index < -0.39 is 32.7 Å². The fourth-order valence-electron chi connectivity index (χ4n) is 3.08. The van der Waals surface area contributed by atoms with E-state index in [-0.39, 0.29) is 17.6 Å². The molecule has 9 heteroatoms. The van der Waals surface area contributed by atoms with Crippen molar-refractivity contribution in [2.45, 2.75) is 69.6 Å². The zero-order chi connectivity index (χ0) is 20.5. The number of alkyl halides is 3. The maximum Gasteiger partial charge on any atom is 0.418 e. The second-order valence-electron chi connectivity index (χ2n) is 7.98. The number of benzene rings is 1. The van der Waals surface area contributed by atoms with Crippen molar-refractivity contribution in [2.75, 3.05) is 5.32 Å². The molecule has 0 amide bonds. The highest BCUT2D eigenvalue weighted by Gasteiger charge is 2.36. The molecule has 2 rings (SSSR count). The van der Waals surface area contributed by atoms with Gasteiger partial charge in [0.25, 0.3) is 0 Å². The van der Waals surface area contributed by atoms with Crippen LogP contribution < -0.4 is 10.0 Å². The lowest BCUT2D eigenvalue weighted by atomic mass is 9.85. The highest BCUT2D eigenvalue weighted by atomic mass is 32.2. The first kappa shape index (κ1) is 22.0. The molecule has 154 valence electrons. The van der Waals surface area contributed by atoms with Gasteiger partial charge in [-0.3, -0.25) is 0 Å². The quantitative estimate of drug-likeness (QED) is 0.649. The largest absolute Gasteiger partial charge is 0.418 e. The van der Waals surface area contributed by atoms with Crippen molar-refractivity contribution in [1.82, 2.24) is 4.72 Å². The molecule has 1 aromatic rings. The van der Waals surface area contributed by atoms with E-state index in [2.05, 4.69) is 10.0 Å². The van der Waals surface area contributed by atoms with E-state index in [4.69, 9.17) is 0 Å². The zero-order valence-electron chi connectivity index (χ0n) is 15.7. The highest BCUT2D eigenvalue weighted by molar-refractivity contribution is 7.90. The summed E-state index contributed by atoms with van der Waals surface area (Å²) in [5.41, 5.74) is -0.983. The minimum Gasteiger partial charge on any atom is -0.374 e. The average molecular weight is 408 g/mol. The van der Waals surface area contributed by atoms with Crippen LogP contribution in [0.5, 0.6) is 0 Å². The van der Waals surface area contributed by atoms with E-state index in [9.17, 15) is 26.7 Å². The van der Waals surface area contributed by atoms with Crippen molar-refractivity contribution in [3.05, 3.63) is 29.8 Å². The van der Waals surface area contributed by atoms with Gasteiger partial charge in [-0.15, -0.1) is 0 Å². The van der Waals surface area contributed by atoms with Crippen LogP contribution in [-0.4, -0.2) is 30.5 Å². The second kappa shape index (κ2) is 7.97. The Kier molecular flexibility index (Phi) is 6.48. The summed E-state index contributed by atoms with van der Waals surface area (Å²) >= 11 is 0. The molecule has 5 nitrogen and oxygen atoms in total. The molecule has 1 aliphatic rings. The Labute approximate surface area is 158 Å². The third-order valence-corrected chi connectivity index (χ3v) is 7.14. The SMILES string of the molecule is CC(C)(C)S(=O)(=O)N[C@H]1CC[C@H](C(O)Nc2ccccc2C(F)(F)F)CC1. The summed E-state index contributed by atoms with van der Waals surface area (Å²) in [6, 6.07) is 4.80. The number of nitrogens with one attached hydrogen (secondary N) is 2. The van der Waals surface area contributed by atoms with E-state index in [0.29, 0.717) is 25.7 Å². The lowest BCUT2D eigenvalue weighted by molar-refractivity contribution is -0.137. The van der Waals surface area contributed by atoms with Crippen LogP contribution in [-0.2, 0) is 16.2 Å². The van der Waals surface area contributed by atoms with Crippen molar-refractivity contribution < 1.29 is 26.7 Å². The number of aliphatic hydroxyl groups excluding tert-OH is 1. The molecule has 1 atom stereocenters. The minimum atomic E-state index is -4.51. The number of hydrogen-bond acceptors (Lipinski definition) is 4. The summed E-state index contributed by atoms with van der Waals surface area (Å²) in [5, 5.41) is 12.9. The Morgan fingerprint density at radius 1 is 1.07 bits per heavy atom. The fourth-order valence-corrected chi connectivity index (χ4v) is 4.11. The van der Waals surface area contributed by atoms with Crippen LogP contribution >= 0.6 is 0 Å². The standard InChI is InChI=1S/C18H27F3N2O3S/c1-17(2,3)27(25,26)23-13-10-8-12(9-11-13)16(24)22-15-7-5-4-6-14(15)18(19,20)21/h4-7,12-13,16,22-24H,8-11H2,1-3H3/t12-,13-,16?. The number of anilines is 1. The van der Waals surface area contributed by atoms with Crippen LogP contribution in [0.1, 0.15) is 52.0 Å². The molecule has 1 fully saturated rings. The monoisotopic (exact) mass is 408 g/mol. The van der Waals surface area contributed by atoms with Gasteiger partial charge in [0.2, 0.25) is 10.0 Å². The Morgan fingerprint density at radius 3 is 2.15 bits per heavy atom. The van der Waals surface area contributed by atoms with Crippen LogP contribution in [0.15, 0.2) is 24.3 Å². The molecule has 0 spiro atoms. The lowest BCUT2D eigenvalue weighted by Crippen LogP contribution is -2.46. The van der Waals surface area contributed by atoms with Gasteiger partial charge in [-0.1, -0.05) is 12.1 Å². The molecule has 1 saturated carbocycles. The molecule has 27 heavy (non-hydrogen) atoms. The number of rotatable bonds is 5. The molecule has 1 unspecified atom stereocenters. The van der Waals surface area contributed by atoms with Gasteiger partial charge in [0.05, 0.1) is 10.3 Å². The second-order valence-corrected chi connectivity index (χ2v) is 10.4. The van der Waals surface area contributed by atoms with Crippen LogP contribution in [0.25, 0.3) is 0 Å². The lowest BCUT2D eigenvalue weighted by Gasteiger charge is -2.34. The summed E-state index contributed by atoms with van der Waals surface area (Å²) in [6.07, 6.45) is -3.56. The summed E-state index contributed by atoms with van der Waals surface area (Å²) in [6.45, 7) is 4.85. The first-order valence-corrected chi connectivity index (χ1v) is 10.4. The van der Waals surface area contributed by atoms with Gasteiger partial charge < -0.3 is 10.4 Å². The van der Waals surface area contributed by atoms with E-state index >= 15 is 0 Å². The van der Waals surface area contributed by atoms with Gasteiger partial charge in [0.1, 0.15) is 6.23 Å². The Balaban J connectivity index is 1.96. The van der Waals surface area contributed by atoms with Crippen LogP contribution in [0.3, 0.4) is 0 Å². The number of para-hydroxylation sites is 1. The predicted octanol–water partition coefficient (Wildman–Crippen LogP) is 3.71. The predicted molar refractivity (Wildman–Crippen MR) is 98.6 cm³/mol. The van der Waals surface area contributed by atoms with E-state index in [0.717, 1.165) is 6.07 Å². The number of sulfonamides is 1.